The first-order chi connectivity index (χ1) is 9.32. The Kier molecular flexibility index (Phi) is 3.99. The number of hydrogen-bond donors (Lipinski definition) is 1. The lowest BCUT2D eigenvalue weighted by Gasteiger charge is -2.18. The predicted molar refractivity (Wildman–Crippen MR) is 62.5 cm³/mol. The number of carbonyl (C=O) groups excluding carboxylic acids is 1. The molecule has 0 saturated carbocycles. The van der Waals surface area contributed by atoms with E-state index in [-0.39, 0.29) is 5.56 Å². The number of benzene rings is 1. The van der Waals surface area contributed by atoms with Crippen LogP contribution in [0.3, 0.4) is 0 Å². The van der Waals surface area contributed by atoms with Crippen molar-refractivity contribution >= 4 is 5.97 Å². The molecule has 0 spiro atoms. The Morgan fingerprint density at radius 3 is 2.60 bits per heavy atom. The third-order valence-electron chi connectivity index (χ3n) is 3.39. The smallest absolute Gasteiger partial charge is 0.416 e. The summed E-state index contributed by atoms with van der Waals surface area (Å²) >= 11 is 0. The van der Waals surface area contributed by atoms with Gasteiger partial charge in [0.2, 0.25) is 0 Å². The molecule has 1 saturated heterocycles. The van der Waals surface area contributed by atoms with Crippen molar-refractivity contribution in [2.24, 2.45) is 5.92 Å². The van der Waals surface area contributed by atoms with Gasteiger partial charge in [0.15, 0.2) is 0 Å². The van der Waals surface area contributed by atoms with Gasteiger partial charge in [0.1, 0.15) is 5.82 Å². The van der Waals surface area contributed by atoms with Crippen LogP contribution in [0.4, 0.5) is 17.6 Å². The average Bonchev–Trinajstić information content (AvgIpc) is 2.85. The van der Waals surface area contributed by atoms with Gasteiger partial charge in [-0.2, -0.15) is 13.2 Å². The predicted octanol–water partition coefficient (Wildman–Crippen LogP) is 2.32. The maximum atomic E-state index is 13.4. The fourth-order valence-electron chi connectivity index (χ4n) is 2.42. The van der Waals surface area contributed by atoms with Gasteiger partial charge >= 0.3 is 12.1 Å². The molecule has 1 fully saturated rings. The van der Waals surface area contributed by atoms with E-state index in [2.05, 4.69) is 10.1 Å². The number of hydrogen-bond acceptors (Lipinski definition) is 3. The standard InChI is InChI=1S/C13H13F4NO2/c1-20-12(19)11-6-18-5-10(11)7-2-8(13(15,16)17)4-9(14)3-7/h2-4,10-11,18H,5-6H2,1H3. The van der Waals surface area contributed by atoms with E-state index >= 15 is 0 Å². The summed E-state index contributed by atoms with van der Waals surface area (Å²) in [4.78, 5) is 11.6. The van der Waals surface area contributed by atoms with Crippen LogP contribution in [0.2, 0.25) is 0 Å². The van der Waals surface area contributed by atoms with Crippen molar-refractivity contribution in [1.82, 2.24) is 5.32 Å². The van der Waals surface area contributed by atoms with Gasteiger partial charge in [0, 0.05) is 19.0 Å². The molecule has 1 aliphatic rings. The van der Waals surface area contributed by atoms with Crippen molar-refractivity contribution in [3.05, 3.63) is 35.1 Å². The van der Waals surface area contributed by atoms with E-state index in [4.69, 9.17) is 0 Å². The molecule has 0 amide bonds. The molecule has 0 bridgehead atoms. The third kappa shape index (κ3) is 2.92. The zero-order valence-electron chi connectivity index (χ0n) is 10.6. The van der Waals surface area contributed by atoms with E-state index in [9.17, 15) is 22.4 Å². The van der Waals surface area contributed by atoms with Crippen LogP contribution in [-0.2, 0) is 15.7 Å². The fraction of sp³-hybridized carbons (Fsp3) is 0.462. The van der Waals surface area contributed by atoms with Crippen molar-refractivity contribution in [2.45, 2.75) is 12.1 Å². The number of carbonyl (C=O) groups is 1. The lowest BCUT2D eigenvalue weighted by Crippen LogP contribution is -2.23. The summed E-state index contributed by atoms with van der Waals surface area (Å²) in [7, 11) is 1.21. The molecule has 2 rings (SSSR count). The van der Waals surface area contributed by atoms with Crippen LogP contribution >= 0.6 is 0 Å². The minimum absolute atomic E-state index is 0.151. The number of ether oxygens (including phenoxy) is 1. The van der Waals surface area contributed by atoms with Crippen molar-refractivity contribution < 1.29 is 27.1 Å². The Bertz CT molecular complexity index is 516. The maximum absolute atomic E-state index is 13.4. The third-order valence-corrected chi connectivity index (χ3v) is 3.39. The molecule has 1 heterocycles. The molecule has 2 atom stereocenters. The molecular formula is C13H13F4NO2. The summed E-state index contributed by atoms with van der Waals surface area (Å²) in [5.74, 6) is -2.62. The number of nitrogens with one attached hydrogen (secondary N) is 1. The summed E-state index contributed by atoms with van der Waals surface area (Å²) in [6.07, 6.45) is -4.62. The van der Waals surface area contributed by atoms with Gasteiger partial charge in [-0.05, 0) is 23.8 Å². The monoisotopic (exact) mass is 291 g/mol. The number of halogens is 4. The zero-order valence-corrected chi connectivity index (χ0v) is 10.6. The quantitative estimate of drug-likeness (QED) is 0.671. The highest BCUT2D eigenvalue weighted by Crippen LogP contribution is 2.35. The highest BCUT2D eigenvalue weighted by atomic mass is 19.4. The Balaban J connectivity index is 2.37. The number of methoxy groups -OCH3 is 1. The van der Waals surface area contributed by atoms with Gasteiger partial charge in [-0.3, -0.25) is 4.79 Å². The van der Waals surface area contributed by atoms with Gasteiger partial charge in [-0.1, -0.05) is 0 Å². The van der Waals surface area contributed by atoms with Crippen molar-refractivity contribution in [3.8, 4) is 0 Å². The van der Waals surface area contributed by atoms with Crippen molar-refractivity contribution in [2.75, 3.05) is 20.2 Å². The van der Waals surface area contributed by atoms with Crippen LogP contribution in [0.15, 0.2) is 18.2 Å². The second-order valence-corrected chi connectivity index (χ2v) is 4.67. The van der Waals surface area contributed by atoms with Gasteiger partial charge in [0.05, 0.1) is 18.6 Å². The molecule has 110 valence electrons. The van der Waals surface area contributed by atoms with Crippen molar-refractivity contribution in [3.63, 3.8) is 0 Å². The Morgan fingerprint density at radius 2 is 2.00 bits per heavy atom. The minimum Gasteiger partial charge on any atom is -0.469 e. The first kappa shape index (κ1) is 14.8. The molecule has 0 aromatic heterocycles. The lowest BCUT2D eigenvalue weighted by molar-refractivity contribution is -0.145. The molecule has 20 heavy (non-hydrogen) atoms. The molecule has 1 aliphatic heterocycles. The van der Waals surface area contributed by atoms with Gasteiger partial charge in [-0.15, -0.1) is 0 Å². The minimum atomic E-state index is -4.62. The van der Waals surface area contributed by atoms with Crippen LogP contribution < -0.4 is 5.32 Å². The Hall–Kier alpha value is -1.63. The summed E-state index contributed by atoms with van der Waals surface area (Å²) in [6, 6.07) is 2.36. The number of esters is 1. The van der Waals surface area contributed by atoms with E-state index < -0.39 is 35.4 Å². The Morgan fingerprint density at radius 1 is 1.30 bits per heavy atom. The number of alkyl halides is 3. The fourth-order valence-corrected chi connectivity index (χ4v) is 2.42. The van der Waals surface area contributed by atoms with E-state index in [1.54, 1.807) is 0 Å². The molecule has 7 heteroatoms. The highest BCUT2D eigenvalue weighted by molar-refractivity contribution is 5.74. The average molecular weight is 291 g/mol. The van der Waals surface area contributed by atoms with Crippen LogP contribution in [0.25, 0.3) is 0 Å². The summed E-state index contributed by atoms with van der Waals surface area (Å²) in [6.45, 7) is 0.607. The normalized spacial score (nSPS) is 22.9. The summed E-state index contributed by atoms with van der Waals surface area (Å²) < 4.78 is 56.1. The molecule has 1 aromatic rings. The summed E-state index contributed by atoms with van der Waals surface area (Å²) in [5.41, 5.74) is -0.902. The molecule has 1 aromatic carbocycles. The topological polar surface area (TPSA) is 38.3 Å². The van der Waals surface area contributed by atoms with Crippen LogP contribution in [0, 0.1) is 11.7 Å². The first-order valence-electron chi connectivity index (χ1n) is 5.99. The Labute approximate surface area is 112 Å². The van der Waals surface area contributed by atoms with E-state index in [1.165, 1.54) is 7.11 Å². The number of rotatable bonds is 2. The second kappa shape index (κ2) is 5.40. The highest BCUT2D eigenvalue weighted by Gasteiger charge is 2.37. The maximum Gasteiger partial charge on any atom is 0.416 e. The molecule has 1 N–H and O–H groups in total. The SMILES string of the molecule is COC(=O)C1CNCC1c1cc(F)cc(C(F)(F)F)c1. The molecular weight excluding hydrogens is 278 g/mol. The summed E-state index contributed by atoms with van der Waals surface area (Å²) in [5, 5.41) is 2.91. The molecule has 0 aliphatic carbocycles. The molecule has 0 radical (unpaired) electrons. The van der Waals surface area contributed by atoms with E-state index in [0.717, 1.165) is 12.1 Å². The largest absolute Gasteiger partial charge is 0.469 e. The lowest BCUT2D eigenvalue weighted by atomic mass is 9.88. The van der Waals surface area contributed by atoms with Gasteiger partial charge in [0.25, 0.3) is 0 Å². The van der Waals surface area contributed by atoms with Crippen LogP contribution in [0.5, 0.6) is 0 Å². The zero-order chi connectivity index (χ0) is 14.9. The molecule has 3 nitrogen and oxygen atoms in total. The van der Waals surface area contributed by atoms with Crippen LogP contribution in [0.1, 0.15) is 17.0 Å². The van der Waals surface area contributed by atoms with Gasteiger partial charge in [-0.25, -0.2) is 4.39 Å². The van der Waals surface area contributed by atoms with Crippen molar-refractivity contribution in [1.29, 1.82) is 0 Å². The first-order valence-corrected chi connectivity index (χ1v) is 5.99. The van der Waals surface area contributed by atoms with E-state index in [1.807, 2.05) is 0 Å². The van der Waals surface area contributed by atoms with Gasteiger partial charge < -0.3 is 10.1 Å². The van der Waals surface area contributed by atoms with E-state index in [0.29, 0.717) is 19.2 Å². The molecule has 2 unspecified atom stereocenters. The second-order valence-electron chi connectivity index (χ2n) is 4.67. The van der Waals surface area contributed by atoms with Crippen LogP contribution in [-0.4, -0.2) is 26.2 Å².